The summed E-state index contributed by atoms with van der Waals surface area (Å²) in [6, 6.07) is 0.548. The molecule has 4 heteroatoms. The molecule has 2 amide bonds. The first-order valence-electron chi connectivity index (χ1n) is 4.34. The minimum atomic E-state index is 0.0861. The molecule has 0 radical (unpaired) electrons. The second kappa shape index (κ2) is 3.76. The molecule has 0 atom stereocenters. The van der Waals surface area contributed by atoms with E-state index in [-0.39, 0.29) is 6.03 Å². The Balaban J connectivity index is 2.46. The molecule has 0 aromatic rings. The number of nitrogens with two attached hydrogens (primary N) is 1. The van der Waals surface area contributed by atoms with Crippen LogP contribution in [0, 0.1) is 0 Å². The van der Waals surface area contributed by atoms with Crippen molar-refractivity contribution in [2.75, 3.05) is 27.2 Å². The van der Waals surface area contributed by atoms with E-state index in [0.717, 1.165) is 12.8 Å². The van der Waals surface area contributed by atoms with Crippen LogP contribution in [0.2, 0.25) is 0 Å². The standard InChI is InChI=1S/C8H17N3O/c1-10(2)8(12)11(6-5-9)7-3-4-7/h7H,3-6,9H2,1-2H3. The van der Waals surface area contributed by atoms with Gasteiger partial charge in [-0.3, -0.25) is 0 Å². The summed E-state index contributed by atoms with van der Waals surface area (Å²) in [5.74, 6) is 0. The Labute approximate surface area is 73.3 Å². The summed E-state index contributed by atoms with van der Waals surface area (Å²) in [5.41, 5.74) is 5.42. The zero-order valence-electron chi connectivity index (χ0n) is 7.79. The van der Waals surface area contributed by atoms with Crippen molar-refractivity contribution >= 4 is 6.03 Å². The fourth-order valence-corrected chi connectivity index (χ4v) is 1.22. The van der Waals surface area contributed by atoms with Gasteiger partial charge in [0, 0.05) is 33.2 Å². The van der Waals surface area contributed by atoms with Crippen LogP contribution in [-0.4, -0.2) is 49.1 Å². The van der Waals surface area contributed by atoms with Crippen LogP contribution in [0.1, 0.15) is 12.8 Å². The Morgan fingerprint density at radius 3 is 2.42 bits per heavy atom. The van der Waals surface area contributed by atoms with Crippen LogP contribution in [0.5, 0.6) is 0 Å². The highest BCUT2D eigenvalue weighted by Crippen LogP contribution is 2.26. The Morgan fingerprint density at radius 1 is 1.50 bits per heavy atom. The van der Waals surface area contributed by atoms with Gasteiger partial charge in [-0.25, -0.2) is 4.79 Å². The summed E-state index contributed by atoms with van der Waals surface area (Å²) in [7, 11) is 3.54. The normalized spacial score (nSPS) is 15.9. The number of urea groups is 1. The third-order valence-electron chi connectivity index (χ3n) is 1.99. The van der Waals surface area contributed by atoms with Gasteiger partial charge in [0.05, 0.1) is 0 Å². The van der Waals surface area contributed by atoms with Crippen molar-refractivity contribution in [3.8, 4) is 0 Å². The molecular weight excluding hydrogens is 154 g/mol. The van der Waals surface area contributed by atoms with Gasteiger partial charge in [0.2, 0.25) is 0 Å². The minimum absolute atomic E-state index is 0.0861. The quantitative estimate of drug-likeness (QED) is 0.654. The third kappa shape index (κ3) is 2.11. The zero-order chi connectivity index (χ0) is 9.14. The average Bonchev–Trinajstić information content (AvgIpc) is 2.81. The maximum atomic E-state index is 11.5. The van der Waals surface area contributed by atoms with E-state index >= 15 is 0 Å². The second-order valence-corrected chi connectivity index (χ2v) is 3.39. The summed E-state index contributed by atoms with van der Waals surface area (Å²) in [4.78, 5) is 15.0. The lowest BCUT2D eigenvalue weighted by molar-refractivity contribution is 0.169. The van der Waals surface area contributed by atoms with Crippen molar-refractivity contribution in [3.63, 3.8) is 0 Å². The largest absolute Gasteiger partial charge is 0.331 e. The lowest BCUT2D eigenvalue weighted by Crippen LogP contribution is -2.43. The lowest BCUT2D eigenvalue weighted by atomic mass is 10.5. The molecule has 0 bridgehead atoms. The monoisotopic (exact) mass is 171 g/mol. The van der Waals surface area contributed by atoms with Gasteiger partial charge in [-0.2, -0.15) is 0 Å². The van der Waals surface area contributed by atoms with Gasteiger partial charge in [0.15, 0.2) is 0 Å². The van der Waals surface area contributed by atoms with E-state index in [9.17, 15) is 4.79 Å². The summed E-state index contributed by atoms with van der Waals surface area (Å²) in [6.07, 6.45) is 2.28. The summed E-state index contributed by atoms with van der Waals surface area (Å²) in [6.45, 7) is 1.23. The number of hydrogen-bond acceptors (Lipinski definition) is 2. The highest BCUT2D eigenvalue weighted by Gasteiger charge is 2.32. The number of rotatable bonds is 3. The number of carbonyl (C=O) groups is 1. The zero-order valence-corrected chi connectivity index (χ0v) is 7.79. The molecule has 0 unspecified atom stereocenters. The predicted molar refractivity (Wildman–Crippen MR) is 47.9 cm³/mol. The highest BCUT2D eigenvalue weighted by atomic mass is 16.2. The van der Waals surface area contributed by atoms with Crippen molar-refractivity contribution in [3.05, 3.63) is 0 Å². The van der Waals surface area contributed by atoms with E-state index < -0.39 is 0 Å². The van der Waals surface area contributed by atoms with E-state index in [1.54, 1.807) is 19.0 Å². The van der Waals surface area contributed by atoms with E-state index in [1.807, 2.05) is 4.90 Å². The molecule has 70 valence electrons. The first kappa shape index (κ1) is 9.32. The molecule has 1 rings (SSSR count). The molecular formula is C8H17N3O. The first-order valence-corrected chi connectivity index (χ1v) is 4.34. The average molecular weight is 171 g/mol. The van der Waals surface area contributed by atoms with Crippen molar-refractivity contribution in [1.29, 1.82) is 0 Å². The summed E-state index contributed by atoms with van der Waals surface area (Å²) < 4.78 is 0. The van der Waals surface area contributed by atoms with Crippen LogP contribution < -0.4 is 5.73 Å². The molecule has 1 saturated carbocycles. The van der Waals surface area contributed by atoms with Gasteiger partial charge in [-0.15, -0.1) is 0 Å². The van der Waals surface area contributed by atoms with Crippen LogP contribution in [-0.2, 0) is 0 Å². The van der Waals surface area contributed by atoms with Crippen LogP contribution in [0.25, 0.3) is 0 Å². The SMILES string of the molecule is CN(C)C(=O)N(CCN)C1CC1. The van der Waals surface area contributed by atoms with Crippen molar-refractivity contribution < 1.29 is 4.79 Å². The van der Waals surface area contributed by atoms with E-state index in [2.05, 4.69) is 0 Å². The van der Waals surface area contributed by atoms with Crippen LogP contribution in [0.3, 0.4) is 0 Å². The Kier molecular flexibility index (Phi) is 2.92. The van der Waals surface area contributed by atoms with E-state index in [4.69, 9.17) is 5.73 Å². The molecule has 0 heterocycles. The number of amides is 2. The summed E-state index contributed by atoms with van der Waals surface area (Å²) >= 11 is 0. The van der Waals surface area contributed by atoms with Crippen LogP contribution >= 0.6 is 0 Å². The van der Waals surface area contributed by atoms with Crippen molar-refractivity contribution in [2.45, 2.75) is 18.9 Å². The fraction of sp³-hybridized carbons (Fsp3) is 0.875. The molecule has 2 N–H and O–H groups in total. The summed E-state index contributed by atoms with van der Waals surface area (Å²) in [5, 5.41) is 0. The van der Waals surface area contributed by atoms with Crippen LogP contribution in [0.15, 0.2) is 0 Å². The Morgan fingerprint density at radius 2 is 2.08 bits per heavy atom. The lowest BCUT2D eigenvalue weighted by Gasteiger charge is -2.25. The van der Waals surface area contributed by atoms with E-state index in [0.29, 0.717) is 19.1 Å². The van der Waals surface area contributed by atoms with Gasteiger partial charge in [-0.1, -0.05) is 0 Å². The molecule has 0 aromatic carbocycles. The fourth-order valence-electron chi connectivity index (χ4n) is 1.22. The van der Waals surface area contributed by atoms with Gasteiger partial charge in [0.1, 0.15) is 0 Å². The molecule has 0 aliphatic heterocycles. The molecule has 0 spiro atoms. The number of hydrogen-bond donors (Lipinski definition) is 1. The maximum Gasteiger partial charge on any atom is 0.319 e. The first-order chi connectivity index (χ1) is 5.66. The van der Waals surface area contributed by atoms with Gasteiger partial charge < -0.3 is 15.5 Å². The smallest absolute Gasteiger partial charge is 0.319 e. The molecule has 1 aliphatic rings. The number of nitrogens with zero attached hydrogens (tertiary/aromatic N) is 2. The topological polar surface area (TPSA) is 49.6 Å². The number of carbonyl (C=O) groups excluding carboxylic acids is 1. The van der Waals surface area contributed by atoms with Crippen LogP contribution in [0.4, 0.5) is 4.79 Å². The predicted octanol–water partition coefficient (Wildman–Crippen LogP) is 0.0911. The van der Waals surface area contributed by atoms with E-state index in [1.165, 1.54) is 0 Å². The Hall–Kier alpha value is -0.770. The molecule has 0 aromatic heterocycles. The maximum absolute atomic E-state index is 11.5. The third-order valence-corrected chi connectivity index (χ3v) is 1.99. The molecule has 1 fully saturated rings. The highest BCUT2D eigenvalue weighted by molar-refractivity contribution is 5.74. The second-order valence-electron chi connectivity index (χ2n) is 3.39. The van der Waals surface area contributed by atoms with Crippen molar-refractivity contribution in [2.24, 2.45) is 5.73 Å². The van der Waals surface area contributed by atoms with Gasteiger partial charge in [-0.05, 0) is 12.8 Å². The molecule has 1 aliphatic carbocycles. The molecule has 4 nitrogen and oxygen atoms in total. The minimum Gasteiger partial charge on any atom is -0.331 e. The van der Waals surface area contributed by atoms with Gasteiger partial charge >= 0.3 is 6.03 Å². The molecule has 12 heavy (non-hydrogen) atoms. The Bertz CT molecular complexity index is 166. The van der Waals surface area contributed by atoms with Crippen molar-refractivity contribution in [1.82, 2.24) is 9.80 Å². The van der Waals surface area contributed by atoms with Gasteiger partial charge in [0.25, 0.3) is 0 Å². The molecule has 0 saturated heterocycles.